The molecule has 1 aliphatic rings. The van der Waals surface area contributed by atoms with Gasteiger partial charge in [0.2, 0.25) is 21.8 Å². The lowest BCUT2D eigenvalue weighted by Gasteiger charge is -2.38. The van der Waals surface area contributed by atoms with Crippen LogP contribution in [0.4, 0.5) is 5.69 Å². The summed E-state index contributed by atoms with van der Waals surface area (Å²) in [5.74, 6) is -0.475. The number of likely N-dealkylation sites (N-methyl/N-ethyl adjacent to an activating group) is 1. The Kier molecular flexibility index (Phi) is 8.87. The van der Waals surface area contributed by atoms with Crippen molar-refractivity contribution < 1.29 is 18.0 Å². The van der Waals surface area contributed by atoms with Gasteiger partial charge in [0, 0.05) is 38.3 Å². The molecule has 158 valence electrons. The number of carbonyl (C=O) groups excluding carboxylic acids is 2. The Balaban J connectivity index is 0.00000392. The maximum atomic E-state index is 12.7. The number of sulfonamides is 1. The number of nitrogens with zero attached hydrogens (tertiary/aromatic N) is 2. The number of hydrogen-bond donors (Lipinski definition) is 2. The van der Waals surface area contributed by atoms with Crippen LogP contribution in [0.3, 0.4) is 0 Å². The van der Waals surface area contributed by atoms with E-state index in [0.717, 1.165) is 23.6 Å². The largest absolute Gasteiger partial charge is 0.337 e. The van der Waals surface area contributed by atoms with Gasteiger partial charge in [0.15, 0.2) is 0 Å². The zero-order chi connectivity index (χ0) is 20.2. The number of nitrogens with one attached hydrogen (secondary N) is 1. The summed E-state index contributed by atoms with van der Waals surface area (Å²) in [4.78, 5) is 25.5. The van der Waals surface area contributed by atoms with Gasteiger partial charge in [0.05, 0.1) is 11.4 Å². The summed E-state index contributed by atoms with van der Waals surface area (Å²) in [6.45, 7) is 3.61. The van der Waals surface area contributed by atoms with Crippen LogP contribution in [0.2, 0.25) is 0 Å². The number of amides is 2. The van der Waals surface area contributed by atoms with E-state index in [-0.39, 0.29) is 47.7 Å². The van der Waals surface area contributed by atoms with Gasteiger partial charge < -0.3 is 16.0 Å². The predicted octanol–water partition coefficient (Wildman–Crippen LogP) is 1.42. The highest BCUT2D eigenvalue weighted by molar-refractivity contribution is 7.89. The molecule has 2 rings (SSSR count). The van der Waals surface area contributed by atoms with Gasteiger partial charge in [-0.05, 0) is 50.5 Å². The fourth-order valence-corrected chi connectivity index (χ4v) is 4.39. The zero-order valence-electron chi connectivity index (χ0n) is 16.4. The second kappa shape index (κ2) is 10.2. The van der Waals surface area contributed by atoms with Crippen molar-refractivity contribution in [2.75, 3.05) is 25.5 Å². The molecule has 1 fully saturated rings. The van der Waals surface area contributed by atoms with E-state index in [2.05, 4.69) is 5.32 Å². The van der Waals surface area contributed by atoms with E-state index in [4.69, 9.17) is 5.73 Å². The third-order valence-electron chi connectivity index (χ3n) is 4.72. The molecule has 1 aliphatic heterocycles. The molecule has 1 saturated heterocycles. The van der Waals surface area contributed by atoms with Gasteiger partial charge in [-0.1, -0.05) is 0 Å². The van der Waals surface area contributed by atoms with Gasteiger partial charge in [-0.2, -0.15) is 4.31 Å². The number of nitrogens with two attached hydrogens (primary N) is 1. The summed E-state index contributed by atoms with van der Waals surface area (Å²) in [6, 6.07) is 5.64. The maximum Gasteiger partial charge on any atom is 0.243 e. The van der Waals surface area contributed by atoms with Crippen molar-refractivity contribution in [3.8, 4) is 0 Å². The number of likely N-dealkylation sites (tertiary alicyclic amines) is 1. The standard InChI is InChI=1S/C18H28N4O4S.ClH/c1-13(19)17-6-4-5-11-22(17)18(24)12-21(3)27(25,26)16-9-7-15(8-10-16)20-14(2)23;/h7-10,13,17H,4-6,11-12,19H2,1-3H3,(H,20,23);1H. The van der Waals surface area contributed by atoms with E-state index in [1.807, 2.05) is 6.92 Å². The van der Waals surface area contributed by atoms with Crippen molar-refractivity contribution in [1.29, 1.82) is 0 Å². The Bertz CT molecular complexity index is 783. The molecule has 0 bridgehead atoms. The van der Waals surface area contributed by atoms with Gasteiger partial charge in [0.25, 0.3) is 0 Å². The van der Waals surface area contributed by atoms with Crippen molar-refractivity contribution in [2.45, 2.75) is 50.1 Å². The number of rotatable bonds is 6. The maximum absolute atomic E-state index is 12.7. The first kappa shape index (κ1) is 24.4. The van der Waals surface area contributed by atoms with Gasteiger partial charge in [-0.15, -0.1) is 12.4 Å². The summed E-state index contributed by atoms with van der Waals surface area (Å²) >= 11 is 0. The van der Waals surface area contributed by atoms with Gasteiger partial charge >= 0.3 is 0 Å². The van der Waals surface area contributed by atoms with Gasteiger partial charge in [-0.25, -0.2) is 8.42 Å². The van der Waals surface area contributed by atoms with E-state index in [0.29, 0.717) is 12.2 Å². The van der Waals surface area contributed by atoms with Crippen LogP contribution in [0.1, 0.15) is 33.1 Å². The van der Waals surface area contributed by atoms with Crippen LogP contribution in [0.15, 0.2) is 29.2 Å². The molecule has 0 saturated carbocycles. The smallest absolute Gasteiger partial charge is 0.243 e. The normalized spacial score (nSPS) is 18.3. The Hall–Kier alpha value is -1.68. The second-order valence-corrected chi connectivity index (χ2v) is 9.02. The van der Waals surface area contributed by atoms with Crippen LogP contribution in [-0.4, -0.2) is 61.7 Å². The van der Waals surface area contributed by atoms with Crippen molar-refractivity contribution in [2.24, 2.45) is 5.73 Å². The van der Waals surface area contributed by atoms with E-state index >= 15 is 0 Å². The predicted molar refractivity (Wildman–Crippen MR) is 111 cm³/mol. The van der Waals surface area contributed by atoms with Crippen LogP contribution >= 0.6 is 12.4 Å². The molecule has 0 spiro atoms. The first-order valence-electron chi connectivity index (χ1n) is 9.02. The SMILES string of the molecule is CC(=O)Nc1ccc(S(=O)(=O)N(C)CC(=O)N2CCCCC2C(C)N)cc1.Cl. The first-order valence-corrected chi connectivity index (χ1v) is 10.5. The minimum atomic E-state index is -3.81. The molecule has 0 aliphatic carbocycles. The number of piperidine rings is 1. The topological polar surface area (TPSA) is 113 Å². The molecule has 28 heavy (non-hydrogen) atoms. The zero-order valence-corrected chi connectivity index (χ0v) is 18.1. The molecular weight excluding hydrogens is 404 g/mol. The first-order chi connectivity index (χ1) is 12.6. The van der Waals surface area contributed by atoms with Crippen molar-refractivity contribution in [1.82, 2.24) is 9.21 Å². The fraction of sp³-hybridized carbons (Fsp3) is 0.556. The molecule has 2 atom stereocenters. The molecule has 0 radical (unpaired) electrons. The monoisotopic (exact) mass is 432 g/mol. The number of anilines is 1. The van der Waals surface area contributed by atoms with E-state index in [9.17, 15) is 18.0 Å². The summed E-state index contributed by atoms with van der Waals surface area (Å²) in [5.41, 5.74) is 6.50. The summed E-state index contributed by atoms with van der Waals surface area (Å²) in [5, 5.41) is 2.58. The second-order valence-electron chi connectivity index (χ2n) is 6.98. The van der Waals surface area contributed by atoms with Crippen molar-refractivity contribution in [3.63, 3.8) is 0 Å². The van der Waals surface area contributed by atoms with E-state index in [1.165, 1.54) is 38.2 Å². The lowest BCUT2D eigenvalue weighted by molar-refractivity contribution is -0.135. The quantitative estimate of drug-likeness (QED) is 0.705. The molecule has 1 heterocycles. The molecule has 2 unspecified atom stereocenters. The van der Waals surface area contributed by atoms with Crippen molar-refractivity contribution >= 4 is 39.9 Å². The highest BCUT2D eigenvalue weighted by atomic mass is 35.5. The highest BCUT2D eigenvalue weighted by Gasteiger charge is 2.31. The van der Waals surface area contributed by atoms with Crippen LogP contribution in [0.25, 0.3) is 0 Å². The average molecular weight is 433 g/mol. The van der Waals surface area contributed by atoms with E-state index < -0.39 is 10.0 Å². The Morgan fingerprint density at radius 1 is 1.29 bits per heavy atom. The molecule has 1 aromatic carbocycles. The summed E-state index contributed by atoms with van der Waals surface area (Å²) in [7, 11) is -2.43. The summed E-state index contributed by atoms with van der Waals surface area (Å²) < 4.78 is 26.5. The molecule has 1 aromatic rings. The third kappa shape index (κ3) is 5.91. The molecule has 10 heteroatoms. The average Bonchev–Trinajstić information content (AvgIpc) is 2.61. The van der Waals surface area contributed by atoms with Crippen LogP contribution in [-0.2, 0) is 19.6 Å². The Morgan fingerprint density at radius 3 is 2.43 bits per heavy atom. The van der Waals surface area contributed by atoms with Crippen LogP contribution in [0, 0.1) is 0 Å². The number of benzene rings is 1. The van der Waals surface area contributed by atoms with Crippen molar-refractivity contribution in [3.05, 3.63) is 24.3 Å². The molecule has 2 amide bonds. The minimum Gasteiger partial charge on any atom is -0.337 e. The lowest BCUT2D eigenvalue weighted by Crippen LogP contribution is -2.54. The molecule has 8 nitrogen and oxygen atoms in total. The number of hydrogen-bond acceptors (Lipinski definition) is 5. The Labute approximate surface area is 172 Å². The van der Waals surface area contributed by atoms with Crippen LogP contribution < -0.4 is 11.1 Å². The highest BCUT2D eigenvalue weighted by Crippen LogP contribution is 2.21. The lowest BCUT2D eigenvalue weighted by atomic mass is 9.97. The van der Waals surface area contributed by atoms with E-state index in [1.54, 1.807) is 4.90 Å². The molecule has 0 aromatic heterocycles. The van der Waals surface area contributed by atoms with Gasteiger partial charge in [0.1, 0.15) is 0 Å². The number of halogens is 1. The molecular formula is C18H29ClN4O4S. The fourth-order valence-electron chi connectivity index (χ4n) is 3.27. The van der Waals surface area contributed by atoms with Gasteiger partial charge in [-0.3, -0.25) is 9.59 Å². The molecule has 3 N–H and O–H groups in total. The Morgan fingerprint density at radius 2 is 1.89 bits per heavy atom. The summed E-state index contributed by atoms with van der Waals surface area (Å²) in [6.07, 6.45) is 2.76. The van der Waals surface area contributed by atoms with Crippen LogP contribution in [0.5, 0.6) is 0 Å². The third-order valence-corrected chi connectivity index (χ3v) is 6.53. The minimum absolute atomic E-state index is 0. The number of carbonyl (C=O) groups is 2.